The van der Waals surface area contributed by atoms with E-state index in [1.807, 2.05) is 6.07 Å². The van der Waals surface area contributed by atoms with E-state index in [9.17, 15) is 0 Å². The van der Waals surface area contributed by atoms with Gasteiger partial charge in [-0.3, -0.25) is 4.90 Å². The Labute approximate surface area is 126 Å². The molecule has 0 bridgehead atoms. The third-order valence-electron chi connectivity index (χ3n) is 3.53. The Morgan fingerprint density at radius 2 is 2.28 bits per heavy atom. The van der Waals surface area contributed by atoms with Crippen LogP contribution in [0.1, 0.15) is 18.4 Å². The molecule has 0 saturated carbocycles. The smallest absolute Gasteiger partial charge is 0.119 e. The molecule has 1 aromatic carbocycles. The third-order valence-corrected chi connectivity index (χ3v) is 4.77. The minimum Gasteiger partial charge on any atom is -0.497 e. The van der Waals surface area contributed by atoms with Crippen LogP contribution in [0, 0.1) is 5.92 Å². The molecule has 1 unspecified atom stereocenters. The summed E-state index contributed by atoms with van der Waals surface area (Å²) in [5.41, 5.74) is 1.31. The van der Waals surface area contributed by atoms with Gasteiger partial charge in [0.05, 0.1) is 7.11 Å². The Hall–Kier alpha value is -0.0600. The zero-order valence-corrected chi connectivity index (χ0v) is 13.8. The fourth-order valence-corrected chi connectivity index (χ4v) is 3.51. The maximum Gasteiger partial charge on any atom is 0.119 e. The van der Waals surface area contributed by atoms with Gasteiger partial charge < -0.3 is 4.74 Å². The Kier molecular flexibility index (Phi) is 5.52. The summed E-state index contributed by atoms with van der Waals surface area (Å²) < 4.78 is 6.46. The van der Waals surface area contributed by atoms with Gasteiger partial charge >= 0.3 is 0 Å². The topological polar surface area (TPSA) is 12.5 Å². The highest BCUT2D eigenvalue weighted by Gasteiger charge is 2.22. The Morgan fingerprint density at radius 1 is 1.44 bits per heavy atom. The summed E-state index contributed by atoms with van der Waals surface area (Å²) in [5, 5.41) is 1.12. The molecule has 2 rings (SSSR count). The number of ether oxygens (including phenoxy) is 1. The number of likely N-dealkylation sites (tertiary alicyclic amines) is 1. The summed E-state index contributed by atoms with van der Waals surface area (Å²) in [5.74, 6) is 1.79. The summed E-state index contributed by atoms with van der Waals surface area (Å²) >= 11 is 7.16. The largest absolute Gasteiger partial charge is 0.497 e. The maximum absolute atomic E-state index is 5.29. The number of benzene rings is 1. The second-order valence-electron chi connectivity index (χ2n) is 4.82. The summed E-state index contributed by atoms with van der Waals surface area (Å²) in [6, 6.07) is 6.19. The number of hydrogen-bond donors (Lipinski definition) is 0. The van der Waals surface area contributed by atoms with Gasteiger partial charge in [0.25, 0.3) is 0 Å². The van der Waals surface area contributed by atoms with E-state index in [0.29, 0.717) is 0 Å². The van der Waals surface area contributed by atoms with Crippen molar-refractivity contribution in [3.05, 3.63) is 28.2 Å². The number of alkyl halides is 1. The maximum atomic E-state index is 5.29. The highest BCUT2D eigenvalue weighted by atomic mass is 79.9. The SMILES string of the molecule is COc1ccc(Br)c(CN2CCC(CCBr)C2)c1. The predicted molar refractivity (Wildman–Crippen MR) is 82.5 cm³/mol. The van der Waals surface area contributed by atoms with Gasteiger partial charge in [-0.1, -0.05) is 31.9 Å². The molecule has 1 aromatic rings. The van der Waals surface area contributed by atoms with Crippen LogP contribution in [0.15, 0.2) is 22.7 Å². The zero-order valence-electron chi connectivity index (χ0n) is 10.7. The van der Waals surface area contributed by atoms with Gasteiger partial charge in [0, 0.05) is 22.9 Å². The van der Waals surface area contributed by atoms with Crippen molar-refractivity contribution in [2.24, 2.45) is 5.92 Å². The van der Waals surface area contributed by atoms with Gasteiger partial charge in [-0.15, -0.1) is 0 Å². The predicted octanol–water partition coefficient (Wildman–Crippen LogP) is 4.06. The average molecular weight is 377 g/mol. The molecule has 1 aliphatic rings. The number of methoxy groups -OCH3 is 1. The van der Waals surface area contributed by atoms with Crippen molar-refractivity contribution in [3.63, 3.8) is 0 Å². The molecule has 18 heavy (non-hydrogen) atoms. The molecule has 2 nitrogen and oxygen atoms in total. The second-order valence-corrected chi connectivity index (χ2v) is 6.47. The lowest BCUT2D eigenvalue weighted by Crippen LogP contribution is -2.20. The quantitative estimate of drug-likeness (QED) is 0.718. The molecule has 1 fully saturated rings. The van der Waals surface area contributed by atoms with E-state index in [1.54, 1.807) is 7.11 Å². The zero-order chi connectivity index (χ0) is 13.0. The van der Waals surface area contributed by atoms with Gasteiger partial charge in [0.2, 0.25) is 0 Å². The number of halogens is 2. The van der Waals surface area contributed by atoms with Crippen molar-refractivity contribution in [3.8, 4) is 5.75 Å². The fraction of sp³-hybridized carbons (Fsp3) is 0.571. The molecule has 1 aliphatic heterocycles. The molecular weight excluding hydrogens is 358 g/mol. The van der Waals surface area contributed by atoms with Crippen LogP contribution in [0.5, 0.6) is 5.75 Å². The molecule has 0 amide bonds. The van der Waals surface area contributed by atoms with Gasteiger partial charge in [-0.2, -0.15) is 0 Å². The highest BCUT2D eigenvalue weighted by molar-refractivity contribution is 9.10. The molecular formula is C14H19Br2NO. The fourth-order valence-electron chi connectivity index (χ4n) is 2.49. The summed E-state index contributed by atoms with van der Waals surface area (Å²) in [6.07, 6.45) is 2.61. The second kappa shape index (κ2) is 6.92. The van der Waals surface area contributed by atoms with E-state index in [2.05, 4.69) is 48.9 Å². The summed E-state index contributed by atoms with van der Waals surface area (Å²) in [6.45, 7) is 3.44. The molecule has 0 spiro atoms. The summed E-state index contributed by atoms with van der Waals surface area (Å²) in [7, 11) is 1.72. The molecule has 100 valence electrons. The van der Waals surface area contributed by atoms with Crippen LogP contribution in [0.3, 0.4) is 0 Å². The Morgan fingerprint density at radius 3 is 3.00 bits per heavy atom. The first-order valence-electron chi connectivity index (χ1n) is 6.33. The van der Waals surface area contributed by atoms with Crippen LogP contribution in [0.4, 0.5) is 0 Å². The Balaban J connectivity index is 1.97. The summed E-state index contributed by atoms with van der Waals surface area (Å²) in [4.78, 5) is 2.53. The molecule has 0 aromatic heterocycles. The van der Waals surface area contributed by atoms with Crippen LogP contribution < -0.4 is 4.74 Å². The molecule has 1 saturated heterocycles. The van der Waals surface area contributed by atoms with Crippen LogP contribution in [-0.2, 0) is 6.54 Å². The molecule has 0 radical (unpaired) electrons. The lowest BCUT2D eigenvalue weighted by atomic mass is 10.1. The lowest BCUT2D eigenvalue weighted by molar-refractivity contribution is 0.314. The van der Waals surface area contributed by atoms with Crippen molar-refractivity contribution < 1.29 is 4.74 Å². The standard InChI is InChI=1S/C14H19Br2NO/c1-18-13-2-3-14(16)12(8-13)10-17-7-5-11(9-17)4-6-15/h2-3,8,11H,4-7,9-10H2,1H3. The Bertz CT molecular complexity index is 397. The van der Waals surface area contributed by atoms with Crippen molar-refractivity contribution in [2.45, 2.75) is 19.4 Å². The van der Waals surface area contributed by atoms with E-state index in [4.69, 9.17) is 4.74 Å². The highest BCUT2D eigenvalue weighted by Crippen LogP contribution is 2.27. The first-order valence-corrected chi connectivity index (χ1v) is 8.25. The van der Waals surface area contributed by atoms with E-state index in [-0.39, 0.29) is 0 Å². The van der Waals surface area contributed by atoms with Crippen molar-refractivity contribution >= 4 is 31.9 Å². The lowest BCUT2D eigenvalue weighted by Gasteiger charge is -2.17. The molecule has 0 aliphatic carbocycles. The van der Waals surface area contributed by atoms with Gasteiger partial charge in [-0.25, -0.2) is 0 Å². The van der Waals surface area contributed by atoms with Crippen LogP contribution in [0.2, 0.25) is 0 Å². The van der Waals surface area contributed by atoms with Crippen molar-refractivity contribution in [1.82, 2.24) is 4.90 Å². The first-order chi connectivity index (χ1) is 8.72. The normalized spacial score (nSPS) is 20.3. The number of nitrogens with zero attached hydrogens (tertiary/aromatic N) is 1. The van der Waals surface area contributed by atoms with Crippen molar-refractivity contribution in [1.29, 1.82) is 0 Å². The van der Waals surface area contributed by atoms with Crippen LogP contribution in [-0.4, -0.2) is 30.4 Å². The molecule has 0 N–H and O–H groups in total. The van der Waals surface area contributed by atoms with Crippen LogP contribution in [0.25, 0.3) is 0 Å². The van der Waals surface area contributed by atoms with Gasteiger partial charge in [-0.05, 0) is 49.1 Å². The van der Waals surface area contributed by atoms with Gasteiger partial charge in [0.15, 0.2) is 0 Å². The average Bonchev–Trinajstić information content (AvgIpc) is 2.80. The molecule has 1 atom stereocenters. The van der Waals surface area contributed by atoms with E-state index >= 15 is 0 Å². The van der Waals surface area contributed by atoms with E-state index in [1.165, 1.54) is 36.0 Å². The van der Waals surface area contributed by atoms with E-state index in [0.717, 1.165) is 23.5 Å². The van der Waals surface area contributed by atoms with Crippen molar-refractivity contribution in [2.75, 3.05) is 25.5 Å². The van der Waals surface area contributed by atoms with Crippen LogP contribution >= 0.6 is 31.9 Å². The number of rotatable bonds is 5. The minimum absolute atomic E-state index is 0.855. The van der Waals surface area contributed by atoms with E-state index < -0.39 is 0 Å². The first kappa shape index (κ1) is 14.4. The molecule has 1 heterocycles. The number of hydrogen-bond acceptors (Lipinski definition) is 2. The molecule has 4 heteroatoms. The van der Waals surface area contributed by atoms with Gasteiger partial charge in [0.1, 0.15) is 5.75 Å². The third kappa shape index (κ3) is 3.72. The minimum atomic E-state index is 0.855. The monoisotopic (exact) mass is 375 g/mol.